The van der Waals surface area contributed by atoms with Crippen LogP contribution in [0.1, 0.15) is 11.4 Å². The molecule has 3 aromatic rings. The van der Waals surface area contributed by atoms with Gasteiger partial charge in [0.05, 0.1) is 46.0 Å². The Morgan fingerprint density at radius 2 is 1.81 bits per heavy atom. The molecule has 3 heterocycles. The van der Waals surface area contributed by atoms with E-state index in [0.717, 1.165) is 35.4 Å². The van der Waals surface area contributed by atoms with E-state index in [-0.39, 0.29) is 0 Å². The van der Waals surface area contributed by atoms with E-state index in [0.29, 0.717) is 0 Å². The smallest absolute Gasteiger partial charge is 0.186 e. The van der Waals surface area contributed by atoms with Crippen molar-refractivity contribution in [3.05, 3.63) is 47.1 Å². The molecule has 2 aromatic heterocycles. The number of piperazine rings is 1. The molecule has 0 amide bonds. The molecule has 0 unspecified atom stereocenters. The Kier molecular flexibility index (Phi) is 4.93. The molecule has 1 fully saturated rings. The molecule has 0 saturated carbocycles. The van der Waals surface area contributed by atoms with Gasteiger partial charge in [-0.2, -0.15) is 0 Å². The molecule has 1 aromatic carbocycles. The zero-order valence-electron chi connectivity index (χ0n) is 16.5. The van der Waals surface area contributed by atoms with Crippen LogP contribution >= 0.6 is 11.3 Å². The predicted octanol–water partition coefficient (Wildman–Crippen LogP) is 2.56. The third-order valence-corrected chi connectivity index (χ3v) is 6.32. The lowest BCUT2D eigenvalue weighted by molar-refractivity contribution is -0.880. The highest BCUT2D eigenvalue weighted by atomic mass is 32.1. The van der Waals surface area contributed by atoms with E-state index >= 15 is 0 Å². The number of nitrogens with zero attached hydrogens (tertiary/aromatic N) is 3. The average molecular weight is 384 g/mol. The summed E-state index contributed by atoms with van der Waals surface area (Å²) in [6, 6.07) is 10.4. The number of anilines is 1. The van der Waals surface area contributed by atoms with Gasteiger partial charge in [0.15, 0.2) is 5.13 Å². The summed E-state index contributed by atoms with van der Waals surface area (Å²) in [5.41, 5.74) is 5.87. The largest absolute Gasteiger partial charge is 0.497 e. The maximum Gasteiger partial charge on any atom is 0.186 e. The molecule has 0 bridgehead atoms. The molecule has 142 valence electrons. The second-order valence-corrected chi connectivity index (χ2v) is 8.11. The summed E-state index contributed by atoms with van der Waals surface area (Å²) >= 11 is 1.76. The molecule has 0 aliphatic carbocycles. The minimum absolute atomic E-state index is 0.875. The summed E-state index contributed by atoms with van der Waals surface area (Å²) in [5, 5.41) is 3.34. The number of aryl methyl sites for hydroxylation is 1. The Balaban J connectivity index is 1.63. The van der Waals surface area contributed by atoms with Crippen LogP contribution in [0.25, 0.3) is 16.9 Å². The molecule has 27 heavy (non-hydrogen) atoms. The average Bonchev–Trinajstić information content (AvgIpc) is 3.27. The van der Waals surface area contributed by atoms with Crippen molar-refractivity contribution >= 4 is 16.5 Å². The summed E-state index contributed by atoms with van der Waals surface area (Å²) in [6.45, 7) is 8.86. The Morgan fingerprint density at radius 3 is 2.48 bits per heavy atom. The lowest BCUT2D eigenvalue weighted by atomic mass is 10.2. The first-order chi connectivity index (χ1) is 13.1. The fourth-order valence-electron chi connectivity index (χ4n) is 3.76. The van der Waals surface area contributed by atoms with Gasteiger partial charge in [-0.25, -0.2) is 4.98 Å². The molecular formula is C21H27N4OS+. The van der Waals surface area contributed by atoms with Crippen molar-refractivity contribution in [2.24, 2.45) is 0 Å². The molecule has 5 nitrogen and oxygen atoms in total. The van der Waals surface area contributed by atoms with Crippen molar-refractivity contribution in [3.8, 4) is 22.7 Å². The van der Waals surface area contributed by atoms with Gasteiger partial charge < -0.3 is 19.1 Å². The first-order valence-electron chi connectivity index (χ1n) is 9.42. The SMILES string of the molecule is COc1ccc(-n2c(C)cc(-c3csc(N4CC[NH+](C)CC4)n3)c2C)cc1. The third kappa shape index (κ3) is 3.47. The molecule has 4 rings (SSSR count). The van der Waals surface area contributed by atoms with Gasteiger partial charge in [0.1, 0.15) is 5.75 Å². The van der Waals surface area contributed by atoms with Crippen LogP contribution in [0.3, 0.4) is 0 Å². The number of likely N-dealkylation sites (N-methyl/N-ethyl adjacent to an activating group) is 1. The molecular weight excluding hydrogens is 356 g/mol. The van der Waals surface area contributed by atoms with E-state index in [1.54, 1.807) is 23.3 Å². The predicted molar refractivity (Wildman–Crippen MR) is 112 cm³/mol. The van der Waals surface area contributed by atoms with Crippen molar-refractivity contribution in [2.75, 3.05) is 45.2 Å². The van der Waals surface area contributed by atoms with Crippen LogP contribution in [-0.2, 0) is 0 Å². The number of nitrogens with one attached hydrogen (secondary N) is 1. The zero-order chi connectivity index (χ0) is 19.0. The van der Waals surface area contributed by atoms with Crippen molar-refractivity contribution < 1.29 is 9.64 Å². The molecule has 1 aliphatic heterocycles. The number of hydrogen-bond donors (Lipinski definition) is 1. The summed E-state index contributed by atoms with van der Waals surface area (Å²) in [5.74, 6) is 0.875. The molecule has 1 aliphatic rings. The van der Waals surface area contributed by atoms with Gasteiger partial charge in [0.2, 0.25) is 0 Å². The standard InChI is InChI=1S/C21H26N4OS/c1-15-13-19(16(2)25(15)17-5-7-18(26-4)8-6-17)20-14-27-21(22-20)24-11-9-23(3)10-12-24/h5-8,13-14H,9-12H2,1-4H3/p+1. The number of rotatable bonds is 4. The van der Waals surface area contributed by atoms with E-state index in [4.69, 9.17) is 9.72 Å². The van der Waals surface area contributed by atoms with E-state index in [9.17, 15) is 0 Å². The van der Waals surface area contributed by atoms with Gasteiger partial charge in [-0.05, 0) is 44.2 Å². The number of hydrogen-bond acceptors (Lipinski definition) is 4. The van der Waals surface area contributed by atoms with Gasteiger partial charge in [-0.15, -0.1) is 11.3 Å². The first kappa shape index (κ1) is 18.1. The fourth-order valence-corrected chi connectivity index (χ4v) is 4.64. The highest BCUT2D eigenvalue weighted by Crippen LogP contribution is 2.33. The van der Waals surface area contributed by atoms with Gasteiger partial charge in [0, 0.05) is 28.0 Å². The fraction of sp³-hybridized carbons (Fsp3) is 0.381. The van der Waals surface area contributed by atoms with Crippen LogP contribution in [0.2, 0.25) is 0 Å². The van der Waals surface area contributed by atoms with E-state index in [1.807, 2.05) is 12.1 Å². The van der Waals surface area contributed by atoms with Gasteiger partial charge in [-0.3, -0.25) is 0 Å². The number of thiazole rings is 1. The Bertz CT molecular complexity index is 920. The number of ether oxygens (including phenoxy) is 1. The molecule has 0 atom stereocenters. The van der Waals surface area contributed by atoms with E-state index in [2.05, 4.69) is 53.9 Å². The monoisotopic (exact) mass is 383 g/mol. The van der Waals surface area contributed by atoms with Crippen molar-refractivity contribution in [3.63, 3.8) is 0 Å². The topological polar surface area (TPSA) is 34.7 Å². The van der Waals surface area contributed by atoms with E-state index in [1.165, 1.54) is 30.0 Å². The quantitative estimate of drug-likeness (QED) is 0.752. The van der Waals surface area contributed by atoms with Gasteiger partial charge in [-0.1, -0.05) is 0 Å². The second kappa shape index (κ2) is 7.37. The minimum Gasteiger partial charge on any atom is -0.497 e. The minimum atomic E-state index is 0.875. The highest BCUT2D eigenvalue weighted by molar-refractivity contribution is 7.14. The second-order valence-electron chi connectivity index (χ2n) is 7.28. The molecule has 0 spiro atoms. The third-order valence-electron chi connectivity index (χ3n) is 5.42. The molecule has 1 saturated heterocycles. The van der Waals surface area contributed by atoms with Crippen LogP contribution in [0, 0.1) is 13.8 Å². The lowest BCUT2D eigenvalue weighted by Crippen LogP contribution is -3.12. The Morgan fingerprint density at radius 1 is 1.11 bits per heavy atom. The normalized spacial score (nSPS) is 15.3. The summed E-state index contributed by atoms with van der Waals surface area (Å²) < 4.78 is 7.57. The molecule has 1 N–H and O–H groups in total. The van der Waals surface area contributed by atoms with Gasteiger partial charge in [0.25, 0.3) is 0 Å². The maximum atomic E-state index is 5.28. The number of methoxy groups -OCH3 is 1. The molecule has 0 radical (unpaired) electrons. The maximum absolute atomic E-state index is 5.28. The molecule has 6 heteroatoms. The number of benzene rings is 1. The van der Waals surface area contributed by atoms with Crippen LogP contribution in [-0.4, -0.2) is 49.9 Å². The van der Waals surface area contributed by atoms with Gasteiger partial charge >= 0.3 is 0 Å². The first-order valence-corrected chi connectivity index (χ1v) is 10.3. The van der Waals surface area contributed by atoms with Crippen LogP contribution in [0.4, 0.5) is 5.13 Å². The Labute approximate surface area is 164 Å². The number of quaternary nitrogens is 1. The van der Waals surface area contributed by atoms with E-state index < -0.39 is 0 Å². The van der Waals surface area contributed by atoms with Crippen LogP contribution in [0.15, 0.2) is 35.7 Å². The number of aromatic nitrogens is 2. The summed E-state index contributed by atoms with van der Waals surface area (Å²) in [4.78, 5) is 8.99. The van der Waals surface area contributed by atoms with Crippen molar-refractivity contribution in [1.29, 1.82) is 0 Å². The summed E-state index contributed by atoms with van der Waals surface area (Å²) in [7, 11) is 3.96. The lowest BCUT2D eigenvalue weighted by Gasteiger charge is -2.29. The summed E-state index contributed by atoms with van der Waals surface area (Å²) in [6.07, 6.45) is 0. The van der Waals surface area contributed by atoms with Crippen LogP contribution in [0.5, 0.6) is 5.75 Å². The highest BCUT2D eigenvalue weighted by Gasteiger charge is 2.21. The van der Waals surface area contributed by atoms with Crippen molar-refractivity contribution in [2.45, 2.75) is 13.8 Å². The van der Waals surface area contributed by atoms with Crippen LogP contribution < -0.4 is 14.5 Å². The van der Waals surface area contributed by atoms with Crippen molar-refractivity contribution in [1.82, 2.24) is 9.55 Å². The zero-order valence-corrected chi connectivity index (χ0v) is 17.3. The Hall–Kier alpha value is -2.31.